The van der Waals surface area contributed by atoms with Crippen LogP contribution < -0.4 is 10.6 Å². The molecule has 0 atom stereocenters. The molecule has 41 heavy (non-hydrogen) atoms. The maximum absolute atomic E-state index is 14.0. The Morgan fingerprint density at radius 1 is 0.951 bits per heavy atom. The molecule has 0 bridgehead atoms. The Kier molecular flexibility index (Phi) is 6.48. The van der Waals surface area contributed by atoms with Crippen LogP contribution in [0.25, 0.3) is 55.7 Å². The molecule has 1 amide bonds. The van der Waals surface area contributed by atoms with Gasteiger partial charge in [-0.3, -0.25) is 14.9 Å². The first-order valence-electron chi connectivity index (χ1n) is 13.8. The molecule has 204 valence electrons. The van der Waals surface area contributed by atoms with Gasteiger partial charge >= 0.3 is 0 Å². The first-order chi connectivity index (χ1) is 20.1. The quantitative estimate of drug-likeness (QED) is 0.196. The summed E-state index contributed by atoms with van der Waals surface area (Å²) in [5.41, 5.74) is 7.82. The molecule has 0 aliphatic carbocycles. The number of piperidine rings is 1. The van der Waals surface area contributed by atoms with Gasteiger partial charge in [-0.05, 0) is 85.4 Å². The van der Waals surface area contributed by atoms with Crippen molar-refractivity contribution in [1.82, 2.24) is 30.5 Å². The number of carbonyl (C=O) groups is 1. The predicted octanol–water partition coefficient (Wildman–Crippen LogP) is 6.30. The molecule has 9 heteroatoms. The number of aromatic amines is 2. The third-order valence-corrected chi connectivity index (χ3v) is 7.71. The highest BCUT2D eigenvalue weighted by Crippen LogP contribution is 2.34. The van der Waals surface area contributed by atoms with Crippen molar-refractivity contribution in [2.75, 3.05) is 18.4 Å². The van der Waals surface area contributed by atoms with Gasteiger partial charge in [0.1, 0.15) is 17.0 Å². The van der Waals surface area contributed by atoms with Crippen molar-refractivity contribution in [3.05, 3.63) is 84.9 Å². The molecule has 0 unspecified atom stereocenters. The number of hydrogen-bond acceptors (Lipinski definition) is 5. The minimum Gasteiger partial charge on any atom is -0.353 e. The van der Waals surface area contributed by atoms with Gasteiger partial charge in [-0.15, -0.1) is 0 Å². The predicted molar refractivity (Wildman–Crippen MR) is 159 cm³/mol. The highest BCUT2D eigenvalue weighted by Gasteiger charge is 2.18. The molecule has 4 aromatic heterocycles. The van der Waals surface area contributed by atoms with Gasteiger partial charge in [0.2, 0.25) is 5.91 Å². The molecular formula is C32H28FN7O. The second-order valence-corrected chi connectivity index (χ2v) is 10.5. The average molecular weight is 546 g/mol. The number of pyridine rings is 2. The average Bonchev–Trinajstić information content (AvgIpc) is 3.61. The normalized spacial score (nSPS) is 14.1. The van der Waals surface area contributed by atoms with E-state index in [1.807, 2.05) is 48.5 Å². The summed E-state index contributed by atoms with van der Waals surface area (Å²) in [7, 11) is 0. The standard InChI is InChI=1S/C32H28FN7O/c33-22-4-1-3-20(14-22)24-5-2-6-27-25(24)16-29(37-27)32-31-28(39-40-32)8-7-26(38-31)21-15-23(18-35-17-21)36-30(41)13-19-9-11-34-12-10-19/h1-8,14-19,34,37H,9-13H2,(H,36,41)(H,39,40). The molecule has 0 saturated carbocycles. The number of carbonyl (C=O) groups excluding carboxylic acids is 1. The molecule has 1 aliphatic rings. The minimum absolute atomic E-state index is 0.00723. The fourth-order valence-electron chi connectivity index (χ4n) is 5.65. The fraction of sp³-hybridized carbons (Fsp3) is 0.188. The molecule has 2 aromatic carbocycles. The number of amides is 1. The molecule has 0 radical (unpaired) electrons. The number of anilines is 1. The van der Waals surface area contributed by atoms with Crippen LogP contribution >= 0.6 is 0 Å². The monoisotopic (exact) mass is 545 g/mol. The van der Waals surface area contributed by atoms with E-state index in [4.69, 9.17) is 4.98 Å². The summed E-state index contributed by atoms with van der Waals surface area (Å²) in [4.78, 5) is 25.4. The Bertz CT molecular complexity index is 1890. The van der Waals surface area contributed by atoms with Crippen molar-refractivity contribution in [3.63, 3.8) is 0 Å². The Morgan fingerprint density at radius 2 is 1.83 bits per heavy atom. The molecular weight excluding hydrogens is 517 g/mol. The van der Waals surface area contributed by atoms with E-state index in [1.54, 1.807) is 18.5 Å². The van der Waals surface area contributed by atoms with E-state index in [0.29, 0.717) is 29.2 Å². The highest BCUT2D eigenvalue weighted by atomic mass is 19.1. The van der Waals surface area contributed by atoms with E-state index in [0.717, 1.165) is 70.4 Å². The van der Waals surface area contributed by atoms with E-state index in [1.165, 1.54) is 12.1 Å². The van der Waals surface area contributed by atoms with Crippen molar-refractivity contribution >= 4 is 33.5 Å². The van der Waals surface area contributed by atoms with Gasteiger partial charge < -0.3 is 15.6 Å². The third-order valence-electron chi connectivity index (χ3n) is 7.71. The van der Waals surface area contributed by atoms with Crippen LogP contribution in [0, 0.1) is 11.7 Å². The molecule has 5 heterocycles. The number of nitrogens with one attached hydrogen (secondary N) is 4. The smallest absolute Gasteiger partial charge is 0.224 e. The second kappa shape index (κ2) is 10.6. The van der Waals surface area contributed by atoms with E-state index < -0.39 is 0 Å². The Hall–Kier alpha value is -4.89. The van der Waals surface area contributed by atoms with Crippen LogP contribution in [0.5, 0.6) is 0 Å². The minimum atomic E-state index is -0.273. The zero-order chi connectivity index (χ0) is 27.8. The molecule has 0 spiro atoms. The van der Waals surface area contributed by atoms with E-state index in [2.05, 4.69) is 30.8 Å². The zero-order valence-corrected chi connectivity index (χ0v) is 22.2. The molecule has 6 aromatic rings. The van der Waals surface area contributed by atoms with Crippen LogP contribution in [0.3, 0.4) is 0 Å². The summed E-state index contributed by atoms with van der Waals surface area (Å²) >= 11 is 0. The van der Waals surface area contributed by atoms with Crippen molar-refractivity contribution in [1.29, 1.82) is 0 Å². The molecule has 8 nitrogen and oxygen atoms in total. The van der Waals surface area contributed by atoms with E-state index in [9.17, 15) is 9.18 Å². The van der Waals surface area contributed by atoms with Crippen LogP contribution in [0.15, 0.2) is 79.1 Å². The fourth-order valence-corrected chi connectivity index (χ4v) is 5.65. The van der Waals surface area contributed by atoms with Gasteiger partial charge in [0.25, 0.3) is 0 Å². The summed E-state index contributed by atoms with van der Waals surface area (Å²) in [5.74, 6) is 0.142. The second-order valence-electron chi connectivity index (χ2n) is 10.5. The largest absolute Gasteiger partial charge is 0.353 e. The molecule has 1 fully saturated rings. The number of hydrogen-bond donors (Lipinski definition) is 4. The van der Waals surface area contributed by atoms with Crippen molar-refractivity contribution in [2.45, 2.75) is 19.3 Å². The van der Waals surface area contributed by atoms with Gasteiger partial charge in [-0.2, -0.15) is 5.10 Å². The first kappa shape index (κ1) is 25.1. The lowest BCUT2D eigenvalue weighted by Crippen LogP contribution is -2.30. The zero-order valence-electron chi connectivity index (χ0n) is 22.2. The number of benzene rings is 2. The molecule has 7 rings (SSSR count). The summed E-state index contributed by atoms with van der Waals surface area (Å²) in [6.45, 7) is 1.93. The molecule has 1 aliphatic heterocycles. The van der Waals surface area contributed by atoms with Gasteiger partial charge in [0.05, 0.1) is 28.8 Å². The summed E-state index contributed by atoms with van der Waals surface area (Å²) < 4.78 is 14.0. The lowest BCUT2D eigenvalue weighted by molar-refractivity contribution is -0.117. The lowest BCUT2D eigenvalue weighted by Gasteiger charge is -2.21. The van der Waals surface area contributed by atoms with Crippen LogP contribution in [0.4, 0.5) is 10.1 Å². The molecule has 1 saturated heterocycles. The maximum Gasteiger partial charge on any atom is 0.224 e. The van der Waals surface area contributed by atoms with Crippen LogP contribution in [0.1, 0.15) is 19.3 Å². The maximum atomic E-state index is 14.0. The summed E-state index contributed by atoms with van der Waals surface area (Å²) in [6.07, 6.45) is 5.95. The first-order valence-corrected chi connectivity index (χ1v) is 13.8. The van der Waals surface area contributed by atoms with Crippen molar-refractivity contribution in [2.24, 2.45) is 5.92 Å². The van der Waals surface area contributed by atoms with Crippen LogP contribution in [-0.2, 0) is 4.79 Å². The highest BCUT2D eigenvalue weighted by molar-refractivity contribution is 6.00. The number of aromatic nitrogens is 5. The number of nitrogens with zero attached hydrogens (tertiary/aromatic N) is 3. The van der Waals surface area contributed by atoms with Gasteiger partial charge in [-0.25, -0.2) is 9.37 Å². The van der Waals surface area contributed by atoms with Crippen molar-refractivity contribution in [3.8, 4) is 33.8 Å². The number of rotatable bonds is 6. The van der Waals surface area contributed by atoms with Gasteiger partial charge in [-0.1, -0.05) is 24.3 Å². The Morgan fingerprint density at radius 3 is 2.71 bits per heavy atom. The molecule has 4 N–H and O–H groups in total. The third kappa shape index (κ3) is 5.07. The van der Waals surface area contributed by atoms with E-state index in [-0.39, 0.29) is 11.7 Å². The Labute approximate surface area is 235 Å². The number of halogens is 1. The number of fused-ring (bicyclic) bond motifs is 2. The number of H-pyrrole nitrogens is 2. The van der Waals surface area contributed by atoms with Gasteiger partial charge in [0, 0.05) is 29.1 Å². The SMILES string of the molecule is O=C(CC1CCNCC1)Nc1cncc(-c2ccc3[nH]nc(-c4cc5c(-c6cccc(F)c6)cccc5[nH]4)c3n2)c1. The lowest BCUT2D eigenvalue weighted by atomic mass is 9.94. The van der Waals surface area contributed by atoms with Crippen LogP contribution in [0.2, 0.25) is 0 Å². The van der Waals surface area contributed by atoms with Crippen LogP contribution in [-0.4, -0.2) is 44.1 Å². The Balaban J connectivity index is 1.19. The van der Waals surface area contributed by atoms with E-state index >= 15 is 0 Å². The van der Waals surface area contributed by atoms with Crippen molar-refractivity contribution < 1.29 is 9.18 Å². The topological polar surface area (TPSA) is 111 Å². The summed E-state index contributed by atoms with van der Waals surface area (Å²) in [5, 5.41) is 15.0. The summed E-state index contributed by atoms with van der Waals surface area (Å²) in [6, 6.07) is 20.3. The van der Waals surface area contributed by atoms with Gasteiger partial charge in [0.15, 0.2) is 0 Å².